The summed E-state index contributed by atoms with van der Waals surface area (Å²) in [7, 11) is 1.27. The van der Waals surface area contributed by atoms with Crippen molar-refractivity contribution in [1.29, 1.82) is 5.26 Å². The first kappa shape index (κ1) is 10.7. The summed E-state index contributed by atoms with van der Waals surface area (Å²) in [5.74, 6) is 0.0238. The van der Waals surface area contributed by atoms with E-state index in [1.807, 2.05) is 0 Å². The molecular weight excluding hydrogens is 200 g/mol. The second-order valence-corrected chi connectivity index (χ2v) is 2.60. The lowest BCUT2D eigenvalue weighted by Gasteiger charge is -2.04. The van der Waals surface area contributed by atoms with E-state index in [9.17, 15) is 14.9 Å². The zero-order valence-electron chi connectivity index (χ0n) is 7.76. The topological polar surface area (TPSA) is 93.2 Å². The van der Waals surface area contributed by atoms with Crippen LogP contribution in [0.3, 0.4) is 0 Å². The van der Waals surface area contributed by atoms with Crippen LogP contribution in [0.1, 0.15) is 15.9 Å². The van der Waals surface area contributed by atoms with E-state index < -0.39 is 4.92 Å². The van der Waals surface area contributed by atoms with E-state index in [4.69, 9.17) is 10.00 Å². The molecular formula is C9H6N2O4. The van der Waals surface area contributed by atoms with Gasteiger partial charge in [-0.3, -0.25) is 14.9 Å². The minimum absolute atomic E-state index is 0.0191. The predicted molar refractivity (Wildman–Crippen MR) is 49.8 cm³/mol. The highest BCUT2D eigenvalue weighted by Gasteiger charge is 2.16. The van der Waals surface area contributed by atoms with E-state index in [1.165, 1.54) is 7.11 Å². The molecule has 0 spiro atoms. The molecule has 76 valence electrons. The Morgan fingerprint density at radius 3 is 2.67 bits per heavy atom. The van der Waals surface area contributed by atoms with Crippen molar-refractivity contribution >= 4 is 12.0 Å². The summed E-state index contributed by atoms with van der Waals surface area (Å²) in [5, 5.41) is 19.2. The van der Waals surface area contributed by atoms with Gasteiger partial charge in [-0.05, 0) is 0 Å². The lowest BCUT2D eigenvalue weighted by Crippen LogP contribution is -1.97. The molecule has 0 saturated carbocycles. The highest BCUT2D eigenvalue weighted by atomic mass is 16.6. The molecule has 15 heavy (non-hydrogen) atoms. The zero-order valence-corrected chi connectivity index (χ0v) is 7.76. The molecule has 0 amide bonds. The number of ether oxygens (including phenoxy) is 1. The molecule has 0 saturated heterocycles. The highest BCUT2D eigenvalue weighted by molar-refractivity contribution is 5.84. The second kappa shape index (κ2) is 4.19. The van der Waals surface area contributed by atoms with Gasteiger partial charge in [-0.15, -0.1) is 0 Å². The third-order valence-electron chi connectivity index (χ3n) is 1.80. The van der Waals surface area contributed by atoms with E-state index in [1.54, 1.807) is 6.07 Å². The zero-order chi connectivity index (χ0) is 11.4. The SMILES string of the molecule is COc1cc([N+](=O)[O-])cc(C#N)c1C=O. The largest absolute Gasteiger partial charge is 0.496 e. The molecule has 0 aliphatic rings. The Labute approximate surface area is 84.8 Å². The molecule has 0 heterocycles. The van der Waals surface area contributed by atoms with Crippen molar-refractivity contribution in [1.82, 2.24) is 0 Å². The van der Waals surface area contributed by atoms with Crippen molar-refractivity contribution in [3.05, 3.63) is 33.4 Å². The molecule has 0 aliphatic heterocycles. The summed E-state index contributed by atoms with van der Waals surface area (Å²) in [5.41, 5.74) is -0.337. The number of nitro benzene ring substituents is 1. The molecule has 0 N–H and O–H groups in total. The molecule has 6 nitrogen and oxygen atoms in total. The Balaban J connectivity index is 3.51. The third-order valence-corrected chi connectivity index (χ3v) is 1.80. The van der Waals surface area contributed by atoms with Crippen molar-refractivity contribution in [3.63, 3.8) is 0 Å². The van der Waals surface area contributed by atoms with E-state index in [0.29, 0.717) is 6.29 Å². The quantitative estimate of drug-likeness (QED) is 0.422. The number of nitriles is 1. The maximum atomic E-state index is 10.6. The van der Waals surface area contributed by atoms with E-state index in [-0.39, 0.29) is 22.6 Å². The van der Waals surface area contributed by atoms with Gasteiger partial charge in [0.15, 0.2) is 6.29 Å². The summed E-state index contributed by atoms with van der Waals surface area (Å²) in [6.45, 7) is 0. The predicted octanol–water partition coefficient (Wildman–Crippen LogP) is 1.29. The lowest BCUT2D eigenvalue weighted by molar-refractivity contribution is -0.384. The second-order valence-electron chi connectivity index (χ2n) is 2.60. The molecule has 0 aliphatic carbocycles. The summed E-state index contributed by atoms with van der Waals surface area (Å²) in [4.78, 5) is 20.5. The van der Waals surface area contributed by atoms with Gasteiger partial charge in [0.05, 0.1) is 29.2 Å². The Hall–Kier alpha value is -2.42. The standard InChI is InChI=1S/C9H6N2O4/c1-15-9-3-7(11(13)14)2-6(4-10)8(9)5-12/h2-3,5H,1H3. The van der Waals surface area contributed by atoms with Crippen LogP contribution in [-0.4, -0.2) is 18.3 Å². The number of nitro groups is 1. The van der Waals surface area contributed by atoms with Gasteiger partial charge in [-0.1, -0.05) is 0 Å². The Morgan fingerprint density at radius 1 is 1.60 bits per heavy atom. The Morgan fingerprint density at radius 2 is 2.27 bits per heavy atom. The molecule has 0 atom stereocenters. The van der Waals surface area contributed by atoms with Gasteiger partial charge >= 0.3 is 0 Å². The number of hydrogen-bond acceptors (Lipinski definition) is 5. The summed E-state index contributed by atoms with van der Waals surface area (Å²) in [6, 6.07) is 3.84. The Kier molecular flexibility index (Phi) is 2.98. The van der Waals surface area contributed by atoms with Crippen LogP contribution in [-0.2, 0) is 0 Å². The average molecular weight is 206 g/mol. The van der Waals surface area contributed by atoms with Gasteiger partial charge in [0.1, 0.15) is 11.8 Å². The molecule has 1 rings (SSSR count). The van der Waals surface area contributed by atoms with Crippen LogP contribution in [0.2, 0.25) is 0 Å². The van der Waals surface area contributed by atoms with Crippen molar-refractivity contribution in [2.45, 2.75) is 0 Å². The summed E-state index contributed by atoms with van der Waals surface area (Å²) < 4.78 is 4.78. The van der Waals surface area contributed by atoms with E-state index >= 15 is 0 Å². The van der Waals surface area contributed by atoms with Gasteiger partial charge in [-0.2, -0.15) is 5.26 Å². The highest BCUT2D eigenvalue weighted by Crippen LogP contribution is 2.26. The number of nitrogens with zero attached hydrogens (tertiary/aromatic N) is 2. The number of aldehydes is 1. The van der Waals surface area contributed by atoms with Crippen LogP contribution < -0.4 is 4.74 Å². The molecule has 6 heteroatoms. The fourth-order valence-corrected chi connectivity index (χ4v) is 1.10. The minimum atomic E-state index is -0.655. The molecule has 1 aromatic rings. The molecule has 0 unspecified atom stereocenters. The minimum Gasteiger partial charge on any atom is -0.496 e. The van der Waals surface area contributed by atoms with Gasteiger partial charge in [0.25, 0.3) is 5.69 Å². The van der Waals surface area contributed by atoms with Crippen LogP contribution in [0.4, 0.5) is 5.69 Å². The van der Waals surface area contributed by atoms with Crippen molar-refractivity contribution in [2.75, 3.05) is 7.11 Å². The normalized spacial score (nSPS) is 9.07. The number of rotatable bonds is 3. The fraction of sp³-hybridized carbons (Fsp3) is 0.111. The lowest BCUT2D eigenvalue weighted by atomic mass is 10.1. The van der Waals surface area contributed by atoms with E-state index in [0.717, 1.165) is 12.1 Å². The van der Waals surface area contributed by atoms with Gasteiger partial charge in [0.2, 0.25) is 0 Å². The number of hydrogen-bond donors (Lipinski definition) is 0. The maximum absolute atomic E-state index is 10.6. The van der Waals surface area contributed by atoms with Crippen LogP contribution in [0, 0.1) is 21.4 Å². The van der Waals surface area contributed by atoms with Crippen molar-refractivity contribution < 1.29 is 14.5 Å². The monoisotopic (exact) mass is 206 g/mol. The van der Waals surface area contributed by atoms with Crippen molar-refractivity contribution in [2.24, 2.45) is 0 Å². The Bertz CT molecular complexity index is 462. The first-order valence-electron chi connectivity index (χ1n) is 3.85. The van der Waals surface area contributed by atoms with E-state index in [2.05, 4.69) is 0 Å². The fourth-order valence-electron chi connectivity index (χ4n) is 1.10. The average Bonchev–Trinajstić information content (AvgIpc) is 2.26. The van der Waals surface area contributed by atoms with Gasteiger partial charge in [-0.25, -0.2) is 0 Å². The van der Waals surface area contributed by atoms with Crippen LogP contribution >= 0.6 is 0 Å². The number of non-ortho nitro benzene ring substituents is 1. The number of methoxy groups -OCH3 is 1. The third kappa shape index (κ3) is 1.91. The first-order chi connectivity index (χ1) is 7.13. The maximum Gasteiger partial charge on any atom is 0.274 e. The molecule has 1 aromatic carbocycles. The molecule has 0 radical (unpaired) electrons. The van der Waals surface area contributed by atoms with Gasteiger partial charge < -0.3 is 4.74 Å². The number of benzene rings is 1. The van der Waals surface area contributed by atoms with Crippen LogP contribution in [0.25, 0.3) is 0 Å². The molecule has 0 aromatic heterocycles. The first-order valence-corrected chi connectivity index (χ1v) is 3.85. The summed E-state index contributed by atoms with van der Waals surface area (Å²) >= 11 is 0. The van der Waals surface area contributed by atoms with Gasteiger partial charge in [0, 0.05) is 6.07 Å². The summed E-state index contributed by atoms with van der Waals surface area (Å²) in [6.07, 6.45) is 0.432. The smallest absolute Gasteiger partial charge is 0.274 e. The number of carbonyl (C=O) groups is 1. The van der Waals surface area contributed by atoms with Crippen LogP contribution in [0.5, 0.6) is 5.75 Å². The van der Waals surface area contributed by atoms with Crippen molar-refractivity contribution in [3.8, 4) is 11.8 Å². The molecule has 0 bridgehead atoms. The number of carbonyl (C=O) groups excluding carboxylic acids is 1. The molecule has 0 fully saturated rings. The van der Waals surface area contributed by atoms with Crippen LogP contribution in [0.15, 0.2) is 12.1 Å².